The molecule has 5 atom stereocenters. The summed E-state index contributed by atoms with van der Waals surface area (Å²) < 4.78 is 5.05. The maximum atomic E-state index is 11.9. The summed E-state index contributed by atoms with van der Waals surface area (Å²) in [7, 11) is 0. The fourth-order valence-electron chi connectivity index (χ4n) is 2.85. The topological polar surface area (TPSA) is 136 Å². The second kappa shape index (κ2) is 7.24. The number of carbonyl (C=O) groups is 3. The van der Waals surface area contributed by atoms with Gasteiger partial charge in [-0.2, -0.15) is 0 Å². The summed E-state index contributed by atoms with van der Waals surface area (Å²) in [5.41, 5.74) is 0. The molecule has 4 N–H and O–H groups in total. The van der Waals surface area contributed by atoms with Crippen LogP contribution in [0.4, 0.5) is 0 Å². The number of aliphatic hydroxyl groups is 3. The molecule has 2 aliphatic heterocycles. The lowest BCUT2D eigenvalue weighted by molar-refractivity contribution is -0.181. The van der Waals surface area contributed by atoms with Crippen LogP contribution in [0.5, 0.6) is 0 Å². The number of fused-ring (bicyclic) bond motifs is 1. The van der Waals surface area contributed by atoms with Gasteiger partial charge >= 0.3 is 17.8 Å². The Hall–Kier alpha value is -1.71. The molecule has 0 aromatic rings. The number of hydrogen-bond donors (Lipinski definition) is 4. The number of unbranched alkanes of at least 4 members (excludes halogenated alkanes) is 2. The van der Waals surface area contributed by atoms with Crippen molar-refractivity contribution in [3.8, 4) is 0 Å². The first-order valence-electron chi connectivity index (χ1n) is 7.71. The van der Waals surface area contributed by atoms with Crippen molar-refractivity contribution in [1.29, 1.82) is 0 Å². The molecule has 0 radical (unpaired) electrons. The fourth-order valence-corrected chi connectivity index (χ4v) is 2.85. The van der Waals surface area contributed by atoms with Crippen molar-refractivity contribution in [3.63, 3.8) is 0 Å². The summed E-state index contributed by atoms with van der Waals surface area (Å²) >= 11 is 0. The van der Waals surface area contributed by atoms with Crippen molar-refractivity contribution in [1.82, 2.24) is 10.2 Å². The van der Waals surface area contributed by atoms with E-state index >= 15 is 0 Å². The highest BCUT2D eigenvalue weighted by molar-refractivity contribution is 6.37. The molecule has 2 aliphatic rings. The normalized spacial score (nSPS) is 33.4. The number of carbonyl (C=O) groups excluding carboxylic acids is 3. The van der Waals surface area contributed by atoms with Gasteiger partial charge in [-0.15, -0.1) is 0 Å². The van der Waals surface area contributed by atoms with Gasteiger partial charge in [0.05, 0.1) is 6.04 Å². The first-order chi connectivity index (χ1) is 10.9. The second-order valence-electron chi connectivity index (χ2n) is 5.81. The largest absolute Gasteiger partial charge is 0.463 e. The minimum absolute atomic E-state index is 0.219. The standard InChI is InChI=1S/C14H22N2O7/c1-2-3-4-5-8(17)23-6-7-9(18)10(19)11(20)12-15-13(21)14(22)16(7)12/h7,9-12,18-20H,2-6H2,1H3,(H,15,21)/t7-,9-,10+,11+,12?/m1/s1. The number of nitrogens with one attached hydrogen (secondary N) is 1. The molecule has 23 heavy (non-hydrogen) atoms. The Balaban J connectivity index is 2.02. The van der Waals surface area contributed by atoms with E-state index in [1.807, 2.05) is 6.92 Å². The van der Waals surface area contributed by atoms with E-state index in [0.29, 0.717) is 6.42 Å². The third-order valence-corrected chi connectivity index (χ3v) is 4.18. The van der Waals surface area contributed by atoms with Crippen LogP contribution in [0, 0.1) is 0 Å². The van der Waals surface area contributed by atoms with Gasteiger partial charge < -0.3 is 30.3 Å². The third-order valence-electron chi connectivity index (χ3n) is 4.18. The van der Waals surface area contributed by atoms with E-state index in [0.717, 1.165) is 17.7 Å². The van der Waals surface area contributed by atoms with Gasteiger partial charge in [0, 0.05) is 6.42 Å². The van der Waals surface area contributed by atoms with Gasteiger partial charge in [-0.3, -0.25) is 14.4 Å². The Morgan fingerprint density at radius 3 is 2.52 bits per heavy atom. The van der Waals surface area contributed by atoms with Crippen LogP contribution in [0.3, 0.4) is 0 Å². The van der Waals surface area contributed by atoms with E-state index in [1.54, 1.807) is 0 Å². The number of nitrogens with zero attached hydrogens (tertiary/aromatic N) is 1. The quantitative estimate of drug-likeness (QED) is 0.248. The highest BCUT2D eigenvalue weighted by atomic mass is 16.5. The van der Waals surface area contributed by atoms with Crippen LogP contribution in [0.1, 0.15) is 32.6 Å². The van der Waals surface area contributed by atoms with Crippen LogP contribution >= 0.6 is 0 Å². The third kappa shape index (κ3) is 3.46. The highest BCUT2D eigenvalue weighted by Crippen LogP contribution is 2.27. The van der Waals surface area contributed by atoms with Gasteiger partial charge in [-0.05, 0) is 6.42 Å². The minimum atomic E-state index is -1.56. The molecule has 2 heterocycles. The van der Waals surface area contributed by atoms with E-state index in [4.69, 9.17) is 4.74 Å². The fraction of sp³-hybridized carbons (Fsp3) is 0.786. The molecule has 0 aromatic heterocycles. The minimum Gasteiger partial charge on any atom is -0.463 e. The molecular weight excluding hydrogens is 308 g/mol. The van der Waals surface area contributed by atoms with Gasteiger partial charge in [0.1, 0.15) is 31.1 Å². The molecule has 2 saturated heterocycles. The molecular formula is C14H22N2O7. The van der Waals surface area contributed by atoms with Crippen molar-refractivity contribution >= 4 is 17.8 Å². The SMILES string of the molecule is CCCCCC(=O)OC[C@@H]1[C@@H](O)[C@H](O)[C@H](O)C2NC(=O)C(=O)N21. The lowest BCUT2D eigenvalue weighted by Gasteiger charge is -2.44. The maximum absolute atomic E-state index is 11.9. The molecule has 9 nitrogen and oxygen atoms in total. The lowest BCUT2D eigenvalue weighted by atomic mass is 9.92. The van der Waals surface area contributed by atoms with E-state index in [1.165, 1.54) is 0 Å². The Bertz CT molecular complexity index is 484. The number of aliphatic hydroxyl groups excluding tert-OH is 3. The Kier molecular flexibility index (Phi) is 5.55. The monoisotopic (exact) mass is 330 g/mol. The summed E-state index contributed by atoms with van der Waals surface area (Å²) in [6.45, 7) is 1.65. The molecule has 1 unspecified atom stereocenters. The van der Waals surface area contributed by atoms with Crippen LogP contribution in [-0.4, -0.2) is 75.1 Å². The van der Waals surface area contributed by atoms with Gasteiger partial charge in [0.25, 0.3) is 0 Å². The van der Waals surface area contributed by atoms with Crippen molar-refractivity contribution in [2.75, 3.05) is 6.61 Å². The maximum Gasteiger partial charge on any atom is 0.314 e. The van der Waals surface area contributed by atoms with Gasteiger partial charge in [0.15, 0.2) is 0 Å². The van der Waals surface area contributed by atoms with Crippen molar-refractivity contribution in [2.24, 2.45) is 0 Å². The molecule has 2 amide bonds. The molecule has 0 saturated carbocycles. The predicted octanol–water partition coefficient (Wildman–Crippen LogP) is -2.14. The van der Waals surface area contributed by atoms with Crippen LogP contribution < -0.4 is 5.32 Å². The zero-order valence-corrected chi connectivity index (χ0v) is 12.8. The summed E-state index contributed by atoms with van der Waals surface area (Å²) in [5.74, 6) is -2.35. The zero-order valence-electron chi connectivity index (χ0n) is 12.8. The van der Waals surface area contributed by atoms with E-state index < -0.39 is 48.3 Å². The van der Waals surface area contributed by atoms with Gasteiger partial charge in [-0.1, -0.05) is 19.8 Å². The summed E-state index contributed by atoms with van der Waals surface area (Å²) in [6, 6.07) is -1.10. The lowest BCUT2D eigenvalue weighted by Crippen LogP contribution is -2.68. The molecule has 0 bridgehead atoms. The molecule has 0 aliphatic carbocycles. The zero-order chi connectivity index (χ0) is 17.1. The number of rotatable bonds is 6. The number of hydrogen-bond acceptors (Lipinski definition) is 7. The number of piperidine rings is 1. The second-order valence-corrected chi connectivity index (χ2v) is 5.81. The first kappa shape index (κ1) is 17.6. The average Bonchev–Trinajstić information content (AvgIpc) is 2.81. The number of amides is 2. The summed E-state index contributed by atoms with van der Waals surface area (Å²) in [5, 5.41) is 32.0. The van der Waals surface area contributed by atoms with Crippen LogP contribution in [0.25, 0.3) is 0 Å². The Labute approximate surface area is 133 Å². The number of esters is 1. The van der Waals surface area contributed by atoms with Crippen molar-refractivity contribution in [2.45, 2.75) is 63.1 Å². The first-order valence-corrected chi connectivity index (χ1v) is 7.71. The van der Waals surface area contributed by atoms with Crippen molar-refractivity contribution in [3.05, 3.63) is 0 Å². The average molecular weight is 330 g/mol. The van der Waals surface area contributed by atoms with Crippen molar-refractivity contribution < 1.29 is 34.4 Å². The van der Waals surface area contributed by atoms with E-state index in [9.17, 15) is 29.7 Å². The highest BCUT2D eigenvalue weighted by Gasteiger charge is 2.55. The Morgan fingerprint density at radius 2 is 1.87 bits per heavy atom. The number of ether oxygens (including phenoxy) is 1. The molecule has 2 fully saturated rings. The Morgan fingerprint density at radius 1 is 1.17 bits per heavy atom. The smallest absolute Gasteiger partial charge is 0.314 e. The van der Waals surface area contributed by atoms with Crippen LogP contribution in [0.2, 0.25) is 0 Å². The summed E-state index contributed by atoms with van der Waals surface area (Å²) in [6.07, 6.45) is -3.01. The molecule has 0 spiro atoms. The molecule has 9 heteroatoms. The molecule has 2 rings (SSSR count). The predicted molar refractivity (Wildman–Crippen MR) is 75.7 cm³/mol. The molecule has 0 aromatic carbocycles. The van der Waals surface area contributed by atoms with Gasteiger partial charge in [-0.25, -0.2) is 0 Å². The van der Waals surface area contributed by atoms with Gasteiger partial charge in [0.2, 0.25) is 0 Å². The summed E-state index contributed by atoms with van der Waals surface area (Å²) in [4.78, 5) is 35.9. The van der Waals surface area contributed by atoms with E-state index in [-0.39, 0.29) is 13.0 Å². The van der Waals surface area contributed by atoms with Crippen LogP contribution in [0.15, 0.2) is 0 Å². The molecule has 130 valence electrons. The van der Waals surface area contributed by atoms with E-state index in [2.05, 4.69) is 5.32 Å². The van der Waals surface area contributed by atoms with Crippen LogP contribution in [-0.2, 0) is 19.1 Å².